The summed E-state index contributed by atoms with van der Waals surface area (Å²) < 4.78 is 13.4. The molecule has 1 unspecified atom stereocenters. The molecular weight excluding hydrogens is 263 g/mol. The van der Waals surface area contributed by atoms with E-state index in [4.69, 9.17) is 0 Å². The van der Waals surface area contributed by atoms with Crippen LogP contribution < -0.4 is 5.32 Å². The number of fused-ring (bicyclic) bond motifs is 1. The first-order valence-corrected chi connectivity index (χ1v) is 7.12. The number of benzene rings is 2. The molecule has 0 fully saturated rings. The monoisotopic (exact) mass is 280 g/mol. The van der Waals surface area contributed by atoms with E-state index < -0.39 is 0 Å². The first-order valence-electron chi connectivity index (χ1n) is 7.12. The summed E-state index contributed by atoms with van der Waals surface area (Å²) >= 11 is 0. The number of hydrogen-bond donors (Lipinski definition) is 1. The van der Waals surface area contributed by atoms with E-state index >= 15 is 0 Å². The normalized spacial score (nSPS) is 12.3. The molecule has 0 amide bonds. The quantitative estimate of drug-likeness (QED) is 0.732. The fourth-order valence-corrected chi connectivity index (χ4v) is 2.58. The summed E-state index contributed by atoms with van der Waals surface area (Å²) in [6.45, 7) is 2.09. The third-order valence-electron chi connectivity index (χ3n) is 3.67. The van der Waals surface area contributed by atoms with Crippen LogP contribution in [0.4, 0.5) is 10.1 Å². The van der Waals surface area contributed by atoms with Gasteiger partial charge in [0.1, 0.15) is 5.82 Å². The predicted octanol–water partition coefficient (Wildman–Crippen LogP) is 4.94. The summed E-state index contributed by atoms with van der Waals surface area (Å²) in [6.07, 6.45) is 4.52. The number of nitrogens with one attached hydrogen (secondary N) is 1. The standard InChI is InChI=1S/C18H17FN2/c1-2-17(13-5-3-7-15(19)11-13)21-18-8-4-6-14-12-20-10-9-16(14)18/h3-12,17,21H,2H2,1H3. The van der Waals surface area contributed by atoms with Crippen molar-refractivity contribution in [2.24, 2.45) is 0 Å². The van der Waals surface area contributed by atoms with E-state index in [0.717, 1.165) is 28.4 Å². The van der Waals surface area contributed by atoms with Gasteiger partial charge in [-0.3, -0.25) is 4.98 Å². The van der Waals surface area contributed by atoms with Crippen LogP contribution in [0.2, 0.25) is 0 Å². The molecule has 106 valence electrons. The van der Waals surface area contributed by atoms with Gasteiger partial charge in [0.15, 0.2) is 0 Å². The lowest BCUT2D eigenvalue weighted by Crippen LogP contribution is -2.10. The molecule has 0 radical (unpaired) electrons. The van der Waals surface area contributed by atoms with Crippen molar-refractivity contribution in [2.75, 3.05) is 5.32 Å². The Morgan fingerprint density at radius 3 is 2.81 bits per heavy atom. The van der Waals surface area contributed by atoms with Crippen molar-refractivity contribution in [3.05, 3.63) is 72.3 Å². The van der Waals surface area contributed by atoms with E-state index in [1.807, 2.05) is 36.5 Å². The van der Waals surface area contributed by atoms with Crippen molar-refractivity contribution in [3.8, 4) is 0 Å². The van der Waals surface area contributed by atoms with Crippen LogP contribution in [0.5, 0.6) is 0 Å². The summed E-state index contributed by atoms with van der Waals surface area (Å²) in [7, 11) is 0. The number of pyridine rings is 1. The molecule has 2 nitrogen and oxygen atoms in total. The van der Waals surface area contributed by atoms with Gasteiger partial charge in [-0.25, -0.2) is 4.39 Å². The maximum atomic E-state index is 13.4. The molecule has 21 heavy (non-hydrogen) atoms. The average Bonchev–Trinajstić information content (AvgIpc) is 2.52. The predicted molar refractivity (Wildman–Crippen MR) is 84.8 cm³/mol. The van der Waals surface area contributed by atoms with Crippen molar-refractivity contribution >= 4 is 16.5 Å². The van der Waals surface area contributed by atoms with Gasteiger partial charge in [0, 0.05) is 28.9 Å². The fraction of sp³-hybridized carbons (Fsp3) is 0.167. The van der Waals surface area contributed by atoms with Gasteiger partial charge in [-0.2, -0.15) is 0 Å². The van der Waals surface area contributed by atoms with E-state index in [1.54, 1.807) is 18.3 Å². The molecule has 1 heterocycles. The molecule has 0 aliphatic heterocycles. The zero-order chi connectivity index (χ0) is 14.7. The summed E-state index contributed by atoms with van der Waals surface area (Å²) in [4.78, 5) is 4.15. The number of hydrogen-bond acceptors (Lipinski definition) is 2. The van der Waals surface area contributed by atoms with Gasteiger partial charge in [-0.1, -0.05) is 31.2 Å². The molecule has 0 bridgehead atoms. The van der Waals surface area contributed by atoms with Crippen LogP contribution in [0.15, 0.2) is 60.9 Å². The van der Waals surface area contributed by atoms with Crippen LogP contribution in [-0.4, -0.2) is 4.98 Å². The molecule has 0 aliphatic carbocycles. The molecule has 1 aromatic heterocycles. The van der Waals surface area contributed by atoms with Crippen molar-refractivity contribution in [2.45, 2.75) is 19.4 Å². The largest absolute Gasteiger partial charge is 0.378 e. The second-order valence-electron chi connectivity index (χ2n) is 5.06. The lowest BCUT2D eigenvalue weighted by Gasteiger charge is -2.20. The zero-order valence-corrected chi connectivity index (χ0v) is 11.9. The number of rotatable bonds is 4. The van der Waals surface area contributed by atoms with Crippen LogP contribution in [0.3, 0.4) is 0 Å². The van der Waals surface area contributed by atoms with Crippen molar-refractivity contribution in [1.29, 1.82) is 0 Å². The van der Waals surface area contributed by atoms with Crippen LogP contribution in [0, 0.1) is 5.82 Å². The summed E-state index contributed by atoms with van der Waals surface area (Å²) in [5.74, 6) is -0.199. The topological polar surface area (TPSA) is 24.9 Å². The smallest absolute Gasteiger partial charge is 0.123 e. The molecule has 3 rings (SSSR count). The van der Waals surface area contributed by atoms with Gasteiger partial charge in [-0.05, 0) is 36.2 Å². The summed E-state index contributed by atoms with van der Waals surface area (Å²) in [5, 5.41) is 5.74. The highest BCUT2D eigenvalue weighted by molar-refractivity contribution is 5.93. The highest BCUT2D eigenvalue weighted by Crippen LogP contribution is 2.28. The van der Waals surface area contributed by atoms with E-state index in [9.17, 15) is 4.39 Å². The molecule has 2 aromatic carbocycles. The molecule has 0 saturated heterocycles. The second kappa shape index (κ2) is 5.92. The molecule has 3 heteroatoms. The Bertz CT molecular complexity index is 750. The lowest BCUT2D eigenvalue weighted by molar-refractivity contribution is 0.621. The molecule has 1 N–H and O–H groups in total. The van der Waals surface area contributed by atoms with Gasteiger partial charge >= 0.3 is 0 Å². The van der Waals surface area contributed by atoms with Crippen LogP contribution in [0.1, 0.15) is 24.9 Å². The Morgan fingerprint density at radius 2 is 2.00 bits per heavy atom. The highest BCUT2D eigenvalue weighted by atomic mass is 19.1. The minimum absolute atomic E-state index is 0.0828. The lowest BCUT2D eigenvalue weighted by atomic mass is 10.0. The number of nitrogens with zero attached hydrogens (tertiary/aromatic N) is 1. The second-order valence-corrected chi connectivity index (χ2v) is 5.06. The molecule has 0 aliphatic rings. The summed E-state index contributed by atoms with van der Waals surface area (Å²) in [5.41, 5.74) is 2.01. The minimum atomic E-state index is -0.199. The van der Waals surface area contributed by atoms with Crippen molar-refractivity contribution in [3.63, 3.8) is 0 Å². The first kappa shape index (κ1) is 13.6. The van der Waals surface area contributed by atoms with E-state index in [1.165, 1.54) is 6.07 Å². The Hall–Kier alpha value is -2.42. The van der Waals surface area contributed by atoms with Crippen molar-refractivity contribution in [1.82, 2.24) is 4.98 Å². The third kappa shape index (κ3) is 2.87. The Kier molecular flexibility index (Phi) is 3.82. The van der Waals surface area contributed by atoms with Crippen LogP contribution in [-0.2, 0) is 0 Å². The maximum absolute atomic E-state index is 13.4. The summed E-state index contributed by atoms with van der Waals surface area (Å²) in [6, 6.07) is 14.9. The SMILES string of the molecule is CCC(Nc1cccc2cnccc12)c1cccc(F)c1. The number of aromatic nitrogens is 1. The minimum Gasteiger partial charge on any atom is -0.378 e. The number of halogens is 1. The van der Waals surface area contributed by atoms with Crippen LogP contribution in [0.25, 0.3) is 10.8 Å². The molecule has 0 spiro atoms. The molecule has 3 aromatic rings. The Morgan fingerprint density at radius 1 is 1.14 bits per heavy atom. The number of anilines is 1. The highest BCUT2D eigenvalue weighted by Gasteiger charge is 2.11. The van der Waals surface area contributed by atoms with Crippen LogP contribution >= 0.6 is 0 Å². The first-order chi connectivity index (χ1) is 10.3. The van der Waals surface area contributed by atoms with E-state index in [2.05, 4.69) is 17.2 Å². The Balaban J connectivity index is 1.96. The molecule has 0 saturated carbocycles. The fourth-order valence-electron chi connectivity index (χ4n) is 2.58. The van der Waals surface area contributed by atoms with Gasteiger partial charge in [0.2, 0.25) is 0 Å². The van der Waals surface area contributed by atoms with Crippen molar-refractivity contribution < 1.29 is 4.39 Å². The van der Waals surface area contributed by atoms with Gasteiger partial charge < -0.3 is 5.32 Å². The third-order valence-corrected chi connectivity index (χ3v) is 3.67. The zero-order valence-electron chi connectivity index (χ0n) is 11.9. The molecular formula is C18H17FN2. The molecule has 1 atom stereocenters. The maximum Gasteiger partial charge on any atom is 0.123 e. The average molecular weight is 280 g/mol. The Labute approximate surface area is 123 Å². The van der Waals surface area contributed by atoms with Gasteiger partial charge in [-0.15, -0.1) is 0 Å². The van der Waals surface area contributed by atoms with Gasteiger partial charge in [0.25, 0.3) is 0 Å². The van der Waals surface area contributed by atoms with Gasteiger partial charge in [0.05, 0.1) is 6.04 Å². The van der Waals surface area contributed by atoms with E-state index in [0.29, 0.717) is 0 Å². The van der Waals surface area contributed by atoms with E-state index in [-0.39, 0.29) is 11.9 Å².